The molecule has 0 radical (unpaired) electrons. The number of carbonyl (C=O) groups excluding carboxylic acids is 1. The summed E-state index contributed by atoms with van der Waals surface area (Å²) < 4.78 is 0. The van der Waals surface area contributed by atoms with Crippen LogP contribution in [0, 0.1) is 0 Å². The highest BCUT2D eigenvalue weighted by Crippen LogP contribution is 2.20. The molecule has 2 aromatic heterocycles. The number of rotatable bonds is 4. The van der Waals surface area contributed by atoms with E-state index in [1.807, 2.05) is 11.4 Å². The second-order valence-corrected chi connectivity index (χ2v) is 4.35. The van der Waals surface area contributed by atoms with Gasteiger partial charge >= 0.3 is 0 Å². The molecular weight excluding hydrogens is 238 g/mol. The molecule has 2 heterocycles. The highest BCUT2D eigenvalue weighted by molar-refractivity contribution is 7.10. The average Bonchev–Trinajstić information content (AvgIpc) is 2.96. The molecular formula is C10H11N5OS. The summed E-state index contributed by atoms with van der Waals surface area (Å²) in [5, 5.41) is 15.2. The Bertz CT molecular complexity index is 543. The van der Waals surface area contributed by atoms with E-state index in [9.17, 15) is 4.79 Å². The van der Waals surface area contributed by atoms with E-state index >= 15 is 0 Å². The summed E-state index contributed by atoms with van der Waals surface area (Å²) in [4.78, 5) is 12.6. The molecule has 2 aromatic rings. The fraction of sp³-hybridized carbons (Fsp3) is 0.200. The predicted octanol–water partition coefficient (Wildman–Crippen LogP) is 0.849. The third-order valence-corrected chi connectivity index (χ3v) is 3.28. The van der Waals surface area contributed by atoms with Gasteiger partial charge in [-0.05, 0) is 34.7 Å². The maximum Gasteiger partial charge on any atom is 0.252 e. The number of aromatic nitrogens is 4. The number of amides is 1. The first-order valence-corrected chi connectivity index (χ1v) is 5.91. The lowest BCUT2D eigenvalue weighted by molar-refractivity contribution is -0.112. The van der Waals surface area contributed by atoms with Crippen LogP contribution in [0.4, 0.5) is 0 Å². The summed E-state index contributed by atoms with van der Waals surface area (Å²) in [6.07, 6.45) is 2.63. The zero-order valence-corrected chi connectivity index (χ0v) is 9.99. The van der Waals surface area contributed by atoms with Crippen molar-refractivity contribution in [2.75, 3.05) is 0 Å². The third kappa shape index (κ3) is 2.56. The van der Waals surface area contributed by atoms with Crippen molar-refractivity contribution >= 4 is 28.9 Å². The topological polar surface area (TPSA) is 97.5 Å². The van der Waals surface area contributed by atoms with Crippen molar-refractivity contribution in [3.8, 4) is 0 Å². The molecule has 7 heteroatoms. The fourth-order valence-electron chi connectivity index (χ4n) is 1.35. The van der Waals surface area contributed by atoms with E-state index in [-0.39, 0.29) is 11.4 Å². The Morgan fingerprint density at radius 1 is 1.65 bits per heavy atom. The minimum Gasteiger partial charge on any atom is -0.365 e. The van der Waals surface area contributed by atoms with Gasteiger partial charge in [-0.3, -0.25) is 4.79 Å². The zero-order valence-electron chi connectivity index (χ0n) is 9.17. The summed E-state index contributed by atoms with van der Waals surface area (Å²) >= 11 is 1.64. The number of nitrogens with zero attached hydrogens (tertiary/aromatic N) is 3. The first-order valence-electron chi connectivity index (χ1n) is 5.03. The molecule has 0 bridgehead atoms. The molecule has 17 heavy (non-hydrogen) atoms. The second kappa shape index (κ2) is 4.88. The number of thiophene rings is 1. The number of nitrogens with two attached hydrogens (primary N) is 1. The van der Waals surface area contributed by atoms with Crippen LogP contribution in [0.25, 0.3) is 11.6 Å². The van der Waals surface area contributed by atoms with E-state index in [1.54, 1.807) is 17.4 Å². The summed E-state index contributed by atoms with van der Waals surface area (Å²) in [7, 11) is 0. The molecule has 88 valence electrons. The highest BCUT2D eigenvalue weighted by Gasteiger charge is 2.13. The molecule has 1 amide bonds. The van der Waals surface area contributed by atoms with Crippen LogP contribution in [-0.4, -0.2) is 26.5 Å². The Morgan fingerprint density at radius 3 is 3.00 bits per heavy atom. The van der Waals surface area contributed by atoms with Crippen LogP contribution in [0.15, 0.2) is 11.4 Å². The van der Waals surface area contributed by atoms with Crippen molar-refractivity contribution in [3.63, 3.8) is 0 Å². The SMILES string of the molecule is CCc1cc(C=C(C(N)=O)c2nn[nH]n2)cs1. The van der Waals surface area contributed by atoms with Gasteiger partial charge in [0.05, 0.1) is 5.57 Å². The van der Waals surface area contributed by atoms with Gasteiger partial charge < -0.3 is 5.73 Å². The first-order chi connectivity index (χ1) is 8.20. The number of H-pyrrole nitrogens is 1. The maximum atomic E-state index is 11.3. The molecule has 0 spiro atoms. The molecule has 0 atom stereocenters. The van der Waals surface area contributed by atoms with Crippen LogP contribution in [0.1, 0.15) is 23.2 Å². The molecule has 0 saturated carbocycles. The van der Waals surface area contributed by atoms with E-state index in [4.69, 9.17) is 5.73 Å². The van der Waals surface area contributed by atoms with Crippen LogP contribution < -0.4 is 5.73 Å². The Morgan fingerprint density at radius 2 is 2.47 bits per heavy atom. The standard InChI is InChI=1S/C10H11N5OS/c1-2-7-3-6(5-17-7)4-8(9(11)16)10-12-14-15-13-10/h3-5H,2H2,1H3,(H2,11,16)(H,12,13,14,15). The molecule has 0 saturated heterocycles. The predicted molar refractivity (Wildman–Crippen MR) is 64.9 cm³/mol. The van der Waals surface area contributed by atoms with Gasteiger partial charge in [-0.15, -0.1) is 21.5 Å². The molecule has 0 unspecified atom stereocenters. The summed E-state index contributed by atoms with van der Waals surface area (Å²) in [5.41, 5.74) is 6.46. The Balaban J connectivity index is 2.36. The zero-order chi connectivity index (χ0) is 12.3. The van der Waals surface area contributed by atoms with E-state index < -0.39 is 5.91 Å². The lowest BCUT2D eigenvalue weighted by Gasteiger charge is -1.95. The van der Waals surface area contributed by atoms with Gasteiger partial charge in [0.2, 0.25) is 5.82 Å². The number of tetrazole rings is 1. The minimum atomic E-state index is -0.573. The largest absolute Gasteiger partial charge is 0.365 e. The van der Waals surface area contributed by atoms with Crippen LogP contribution in [0.5, 0.6) is 0 Å². The molecule has 0 aromatic carbocycles. The van der Waals surface area contributed by atoms with Crippen LogP contribution >= 0.6 is 11.3 Å². The maximum absolute atomic E-state index is 11.3. The van der Waals surface area contributed by atoms with Gasteiger partial charge in [-0.25, -0.2) is 0 Å². The summed E-state index contributed by atoms with van der Waals surface area (Å²) in [5.74, 6) is -0.364. The highest BCUT2D eigenvalue weighted by atomic mass is 32.1. The van der Waals surface area contributed by atoms with Crippen molar-refractivity contribution < 1.29 is 4.79 Å². The summed E-state index contributed by atoms with van der Waals surface area (Å²) in [6, 6.07) is 2.01. The molecule has 3 N–H and O–H groups in total. The molecule has 0 aliphatic carbocycles. The molecule has 2 rings (SSSR count). The smallest absolute Gasteiger partial charge is 0.252 e. The second-order valence-electron chi connectivity index (χ2n) is 3.36. The Hall–Kier alpha value is -2.02. The Labute approximate surface area is 102 Å². The average molecular weight is 249 g/mol. The van der Waals surface area contributed by atoms with Crippen molar-refractivity contribution in [2.24, 2.45) is 5.73 Å². The quantitative estimate of drug-likeness (QED) is 0.785. The molecule has 0 aliphatic rings. The number of primary amides is 1. The number of aromatic amines is 1. The van der Waals surface area contributed by atoms with Crippen molar-refractivity contribution in [1.82, 2.24) is 20.6 Å². The summed E-state index contributed by atoms with van der Waals surface area (Å²) in [6.45, 7) is 2.08. The normalized spacial score (nSPS) is 11.7. The van der Waals surface area contributed by atoms with E-state index in [2.05, 4.69) is 27.5 Å². The van der Waals surface area contributed by atoms with Gasteiger partial charge in [0.15, 0.2) is 0 Å². The Kier molecular flexibility index (Phi) is 3.29. The lowest BCUT2D eigenvalue weighted by Crippen LogP contribution is -2.13. The van der Waals surface area contributed by atoms with Crippen molar-refractivity contribution in [3.05, 3.63) is 27.7 Å². The van der Waals surface area contributed by atoms with Crippen LogP contribution in [0.3, 0.4) is 0 Å². The van der Waals surface area contributed by atoms with Crippen molar-refractivity contribution in [2.45, 2.75) is 13.3 Å². The number of hydrogen-bond donors (Lipinski definition) is 2. The van der Waals surface area contributed by atoms with E-state index in [0.717, 1.165) is 12.0 Å². The lowest BCUT2D eigenvalue weighted by atomic mass is 10.1. The van der Waals surface area contributed by atoms with Gasteiger partial charge in [-0.2, -0.15) is 5.21 Å². The van der Waals surface area contributed by atoms with Gasteiger partial charge in [0, 0.05) is 4.88 Å². The monoisotopic (exact) mass is 249 g/mol. The van der Waals surface area contributed by atoms with Crippen LogP contribution in [-0.2, 0) is 11.2 Å². The van der Waals surface area contributed by atoms with Crippen LogP contribution in [0.2, 0.25) is 0 Å². The van der Waals surface area contributed by atoms with E-state index in [0.29, 0.717) is 0 Å². The van der Waals surface area contributed by atoms with Gasteiger partial charge in [-0.1, -0.05) is 6.92 Å². The van der Waals surface area contributed by atoms with Gasteiger partial charge in [0.25, 0.3) is 5.91 Å². The molecule has 6 nitrogen and oxygen atoms in total. The van der Waals surface area contributed by atoms with Crippen molar-refractivity contribution in [1.29, 1.82) is 0 Å². The number of carbonyl (C=O) groups is 1. The number of nitrogens with one attached hydrogen (secondary N) is 1. The minimum absolute atomic E-state index is 0.210. The van der Waals surface area contributed by atoms with Gasteiger partial charge in [0.1, 0.15) is 0 Å². The third-order valence-electron chi connectivity index (χ3n) is 2.19. The fourth-order valence-corrected chi connectivity index (χ4v) is 2.14. The van der Waals surface area contributed by atoms with E-state index in [1.165, 1.54) is 4.88 Å². The number of aryl methyl sites for hydroxylation is 1. The first kappa shape index (κ1) is 11.5. The number of hydrogen-bond acceptors (Lipinski definition) is 5. The molecule has 0 fully saturated rings. The molecule has 0 aliphatic heterocycles.